The summed E-state index contributed by atoms with van der Waals surface area (Å²) < 4.78 is 37.5. The molecule has 4 heterocycles. The van der Waals surface area contributed by atoms with Crippen LogP contribution in [0.3, 0.4) is 0 Å². The third-order valence-corrected chi connectivity index (χ3v) is 7.84. The van der Waals surface area contributed by atoms with Crippen LogP contribution in [0.4, 0.5) is 0 Å². The summed E-state index contributed by atoms with van der Waals surface area (Å²) >= 11 is 0. The number of rotatable bonds is 9. The van der Waals surface area contributed by atoms with Crippen molar-refractivity contribution in [2.75, 3.05) is 26.4 Å². The second-order valence-electron chi connectivity index (χ2n) is 10.7. The minimum atomic E-state index is -1.99. The van der Waals surface area contributed by atoms with E-state index in [-0.39, 0.29) is 0 Å². The average Bonchev–Trinajstić information content (AvgIpc) is 3.00. The van der Waals surface area contributed by atoms with Crippen LogP contribution in [0.5, 0.6) is 0 Å². The van der Waals surface area contributed by atoms with Gasteiger partial charge in [-0.15, -0.1) is 0 Å². The van der Waals surface area contributed by atoms with Crippen LogP contribution in [0, 0.1) is 0 Å². The molecule has 0 aliphatic carbocycles. The Balaban J connectivity index is 1.41. The molecule has 252 valence electrons. The highest BCUT2D eigenvalue weighted by atomic mass is 16.8. The molecular weight excluding hydrogens is 596 g/mol. The molecule has 13 N–H and O–H groups in total. The van der Waals surface area contributed by atoms with Crippen LogP contribution in [-0.2, 0) is 33.2 Å². The van der Waals surface area contributed by atoms with Crippen molar-refractivity contribution in [3.63, 3.8) is 0 Å². The van der Waals surface area contributed by atoms with Crippen LogP contribution < -0.4 is 0 Å². The van der Waals surface area contributed by atoms with E-state index in [2.05, 4.69) is 0 Å². The third kappa shape index (κ3) is 7.13. The molecular formula is C23H40O20. The predicted molar refractivity (Wildman–Crippen MR) is 128 cm³/mol. The fourth-order valence-corrected chi connectivity index (χ4v) is 5.23. The summed E-state index contributed by atoms with van der Waals surface area (Å²) in [5.41, 5.74) is 0. The molecule has 4 fully saturated rings. The molecule has 0 spiro atoms. The van der Waals surface area contributed by atoms with E-state index < -0.39 is 143 Å². The molecule has 4 saturated heterocycles. The molecule has 4 aliphatic rings. The maximum atomic E-state index is 10.8. The van der Waals surface area contributed by atoms with E-state index in [0.29, 0.717) is 0 Å². The zero-order valence-corrected chi connectivity index (χ0v) is 22.5. The van der Waals surface area contributed by atoms with Crippen molar-refractivity contribution in [1.82, 2.24) is 0 Å². The molecule has 43 heavy (non-hydrogen) atoms. The summed E-state index contributed by atoms with van der Waals surface area (Å²) in [6.07, 6.45) is -32.5. The van der Waals surface area contributed by atoms with Gasteiger partial charge in [0.15, 0.2) is 25.2 Å². The van der Waals surface area contributed by atoms with Crippen LogP contribution in [0.2, 0.25) is 0 Å². The molecule has 20 nitrogen and oxygen atoms in total. The van der Waals surface area contributed by atoms with Crippen molar-refractivity contribution >= 4 is 0 Å². The Hall–Kier alpha value is -0.800. The lowest BCUT2D eigenvalue weighted by atomic mass is 9.96. The molecule has 0 saturated carbocycles. The van der Waals surface area contributed by atoms with Crippen molar-refractivity contribution in [2.24, 2.45) is 0 Å². The van der Waals surface area contributed by atoms with Gasteiger partial charge in [-0.1, -0.05) is 0 Å². The van der Waals surface area contributed by atoms with Gasteiger partial charge in [0.1, 0.15) is 91.6 Å². The van der Waals surface area contributed by atoms with E-state index in [4.69, 9.17) is 33.2 Å². The minimum Gasteiger partial charge on any atom is -0.394 e. The summed E-state index contributed by atoms with van der Waals surface area (Å²) in [5.74, 6) is 0. The lowest BCUT2D eigenvalue weighted by Crippen LogP contribution is -2.67. The monoisotopic (exact) mass is 636 g/mol. The fourth-order valence-electron chi connectivity index (χ4n) is 5.23. The molecule has 0 aromatic rings. The quantitative estimate of drug-likeness (QED) is 0.112. The number of ether oxygens (including phenoxy) is 7. The van der Waals surface area contributed by atoms with Gasteiger partial charge in [-0.3, -0.25) is 0 Å². The molecule has 0 amide bonds. The fraction of sp³-hybridized carbons (Fsp3) is 1.00. The van der Waals surface area contributed by atoms with E-state index in [1.54, 1.807) is 0 Å². The van der Waals surface area contributed by atoms with E-state index >= 15 is 0 Å². The van der Waals surface area contributed by atoms with Gasteiger partial charge in [0.05, 0.1) is 26.4 Å². The molecule has 20 heteroatoms. The lowest BCUT2D eigenvalue weighted by Gasteiger charge is -2.48. The molecule has 0 aromatic carbocycles. The van der Waals surface area contributed by atoms with Crippen LogP contribution >= 0.6 is 0 Å². The first-order valence-electron chi connectivity index (χ1n) is 13.5. The first kappa shape index (κ1) is 35.1. The second-order valence-corrected chi connectivity index (χ2v) is 10.7. The van der Waals surface area contributed by atoms with Crippen molar-refractivity contribution in [2.45, 2.75) is 117 Å². The lowest BCUT2D eigenvalue weighted by molar-refractivity contribution is -0.384. The Bertz CT molecular complexity index is 865. The highest BCUT2D eigenvalue weighted by molar-refractivity contribution is 4.97. The highest BCUT2D eigenvalue weighted by Gasteiger charge is 2.54. The predicted octanol–water partition coefficient (Wildman–Crippen LogP) is -9.11. The topological polar surface area (TPSA) is 328 Å². The maximum absolute atomic E-state index is 10.8. The largest absolute Gasteiger partial charge is 0.394 e. The van der Waals surface area contributed by atoms with Crippen molar-refractivity contribution in [3.8, 4) is 0 Å². The summed E-state index contributed by atoms with van der Waals surface area (Å²) in [4.78, 5) is 0. The smallest absolute Gasteiger partial charge is 0.187 e. The molecule has 19 atom stereocenters. The van der Waals surface area contributed by atoms with Crippen molar-refractivity contribution < 1.29 is 99.5 Å². The molecule has 4 rings (SSSR count). The maximum Gasteiger partial charge on any atom is 0.187 e. The first-order valence-corrected chi connectivity index (χ1v) is 13.5. The normalized spacial score (nSPS) is 53.1. The molecule has 0 bridgehead atoms. The molecule has 4 aliphatic heterocycles. The van der Waals surface area contributed by atoms with E-state index in [9.17, 15) is 66.4 Å². The van der Waals surface area contributed by atoms with Gasteiger partial charge in [0.25, 0.3) is 0 Å². The van der Waals surface area contributed by atoms with E-state index in [1.165, 1.54) is 0 Å². The summed E-state index contributed by atoms with van der Waals surface area (Å²) in [5, 5.41) is 132. The summed E-state index contributed by atoms with van der Waals surface area (Å²) in [6.45, 7) is -2.92. The second kappa shape index (κ2) is 14.7. The Morgan fingerprint density at radius 1 is 0.442 bits per heavy atom. The number of aliphatic hydroxyl groups is 13. The number of hydrogen-bond donors (Lipinski definition) is 13. The van der Waals surface area contributed by atoms with Gasteiger partial charge in [0, 0.05) is 0 Å². The molecule has 0 unspecified atom stereocenters. The Kier molecular flexibility index (Phi) is 12.0. The number of hydrogen-bond acceptors (Lipinski definition) is 20. The third-order valence-electron chi connectivity index (χ3n) is 7.84. The van der Waals surface area contributed by atoms with Gasteiger partial charge in [0.2, 0.25) is 0 Å². The van der Waals surface area contributed by atoms with Gasteiger partial charge >= 0.3 is 0 Å². The Morgan fingerprint density at radius 2 is 0.860 bits per heavy atom. The summed E-state index contributed by atoms with van der Waals surface area (Å²) in [6, 6.07) is 0. The summed E-state index contributed by atoms with van der Waals surface area (Å²) in [7, 11) is 0. The molecule has 0 radical (unpaired) electrons. The molecule has 0 aromatic heterocycles. The van der Waals surface area contributed by atoms with Crippen LogP contribution in [0.15, 0.2) is 0 Å². The highest BCUT2D eigenvalue weighted by Crippen LogP contribution is 2.33. The first-order chi connectivity index (χ1) is 20.3. The van der Waals surface area contributed by atoms with Gasteiger partial charge in [-0.2, -0.15) is 0 Å². The minimum absolute atomic E-state index is 0.430. The van der Waals surface area contributed by atoms with E-state index in [1.807, 2.05) is 0 Å². The number of aliphatic hydroxyl groups excluding tert-OH is 13. The van der Waals surface area contributed by atoms with Gasteiger partial charge < -0.3 is 99.5 Å². The Labute approximate surface area is 243 Å². The van der Waals surface area contributed by atoms with Gasteiger partial charge in [-0.05, 0) is 0 Å². The van der Waals surface area contributed by atoms with Crippen LogP contribution in [0.1, 0.15) is 0 Å². The van der Waals surface area contributed by atoms with E-state index in [0.717, 1.165) is 0 Å². The van der Waals surface area contributed by atoms with Crippen molar-refractivity contribution in [3.05, 3.63) is 0 Å². The van der Waals surface area contributed by atoms with Crippen LogP contribution in [0.25, 0.3) is 0 Å². The SMILES string of the molecule is OC[C@@H]1O[C@H](O[C@H]2[C@@H](O)[C@@H](O)[C@@H](O[C@H]3[C@@H](O)[C@@H](O)[C@@H](O[C@@H]4CO[C@@H](O)[C@@H](O)[C@H]4O)O[C@H]3CO)O[C@H]2CO)[C@H](O)[C@H](O)[C@@H]1O. The zero-order chi connectivity index (χ0) is 31.7. The standard InChI is InChI=1S/C23H40O20/c24-1-5-9(27)11(29)15(33)22(38-5)42-19-7(3-26)40-23(17(35)13(19)31)43-18-6(2-25)39-21(16(34)12(18)30)41-8-4-37-20(36)14(32)10(8)28/h5-36H,1-4H2/t5-,6-,7-,8+,9+,10-,11+,12-,13-,14-,15+,16+,17+,18+,19+,20+,21+,22+,23+/m0/s1. The zero-order valence-electron chi connectivity index (χ0n) is 22.5. The Morgan fingerprint density at radius 3 is 1.33 bits per heavy atom. The average molecular weight is 637 g/mol. The van der Waals surface area contributed by atoms with Crippen LogP contribution in [-0.4, -0.2) is 210 Å². The van der Waals surface area contributed by atoms with Crippen molar-refractivity contribution in [1.29, 1.82) is 0 Å². The van der Waals surface area contributed by atoms with Gasteiger partial charge in [-0.25, -0.2) is 0 Å².